The topological polar surface area (TPSA) is 78.3 Å². The van der Waals surface area contributed by atoms with Crippen LogP contribution >= 0.6 is 0 Å². The van der Waals surface area contributed by atoms with E-state index in [4.69, 9.17) is 9.47 Å². The highest BCUT2D eigenvalue weighted by Crippen LogP contribution is 2.23. The number of rotatable bonds is 6. The standard InChI is InChI=1S/C22H26N4O3/c1-22(2,3)19-13-18(26(4)25-19)21(27)24-14-15-10-11-23-20(12-15)29-17-8-6-16(28-5)7-9-17/h6-13H,14H2,1-5H3,(H,24,27). The SMILES string of the molecule is COc1ccc(Oc2cc(CNC(=O)c3cc(C(C)(C)C)nn3C)ccn2)cc1. The number of pyridine rings is 1. The largest absolute Gasteiger partial charge is 0.497 e. The Morgan fingerprint density at radius 3 is 2.41 bits per heavy atom. The number of hydrogen-bond donors (Lipinski definition) is 1. The number of methoxy groups -OCH3 is 1. The Kier molecular flexibility index (Phi) is 5.87. The molecule has 29 heavy (non-hydrogen) atoms. The van der Waals surface area contributed by atoms with Crippen molar-refractivity contribution in [1.29, 1.82) is 0 Å². The molecule has 1 N–H and O–H groups in total. The fourth-order valence-electron chi connectivity index (χ4n) is 2.70. The molecular formula is C22H26N4O3. The summed E-state index contributed by atoms with van der Waals surface area (Å²) in [7, 11) is 3.39. The van der Waals surface area contributed by atoms with E-state index >= 15 is 0 Å². The number of carbonyl (C=O) groups excluding carboxylic acids is 1. The molecule has 3 aromatic rings. The summed E-state index contributed by atoms with van der Waals surface area (Å²) in [6, 6.07) is 12.7. The van der Waals surface area contributed by atoms with E-state index in [9.17, 15) is 4.79 Å². The Hall–Kier alpha value is -3.35. The fraction of sp³-hybridized carbons (Fsp3) is 0.318. The second-order valence-corrected chi connectivity index (χ2v) is 7.75. The molecule has 0 saturated carbocycles. The first-order valence-corrected chi connectivity index (χ1v) is 9.36. The van der Waals surface area contributed by atoms with Gasteiger partial charge in [-0.1, -0.05) is 20.8 Å². The predicted octanol–water partition coefficient (Wildman–Crippen LogP) is 3.84. The molecule has 152 valence electrons. The van der Waals surface area contributed by atoms with Crippen LogP contribution < -0.4 is 14.8 Å². The van der Waals surface area contributed by atoms with Gasteiger partial charge in [0.05, 0.1) is 12.8 Å². The zero-order valence-electron chi connectivity index (χ0n) is 17.4. The summed E-state index contributed by atoms with van der Waals surface area (Å²) in [5.74, 6) is 1.69. The molecule has 7 heteroatoms. The molecule has 0 atom stereocenters. The van der Waals surface area contributed by atoms with Crippen molar-refractivity contribution in [2.24, 2.45) is 7.05 Å². The van der Waals surface area contributed by atoms with Crippen molar-refractivity contribution in [3.05, 3.63) is 65.6 Å². The summed E-state index contributed by atoms with van der Waals surface area (Å²) in [6.07, 6.45) is 1.65. The van der Waals surface area contributed by atoms with Gasteiger partial charge < -0.3 is 14.8 Å². The highest BCUT2D eigenvalue weighted by molar-refractivity contribution is 5.92. The molecule has 2 heterocycles. The van der Waals surface area contributed by atoms with Gasteiger partial charge in [0, 0.05) is 31.3 Å². The molecule has 0 fully saturated rings. The highest BCUT2D eigenvalue weighted by Gasteiger charge is 2.21. The van der Waals surface area contributed by atoms with E-state index in [0.717, 1.165) is 17.0 Å². The molecule has 0 aliphatic heterocycles. The molecule has 1 aromatic carbocycles. The third-order valence-corrected chi connectivity index (χ3v) is 4.42. The maximum atomic E-state index is 12.6. The van der Waals surface area contributed by atoms with Crippen LogP contribution in [0.3, 0.4) is 0 Å². The number of aromatic nitrogens is 3. The van der Waals surface area contributed by atoms with Crippen LogP contribution in [0.2, 0.25) is 0 Å². The molecule has 2 aromatic heterocycles. The summed E-state index contributed by atoms with van der Waals surface area (Å²) in [6.45, 7) is 6.56. The third kappa shape index (κ3) is 5.13. The Morgan fingerprint density at radius 1 is 1.10 bits per heavy atom. The lowest BCUT2D eigenvalue weighted by Crippen LogP contribution is -2.25. The molecular weight excluding hydrogens is 368 g/mol. The monoisotopic (exact) mass is 394 g/mol. The van der Waals surface area contributed by atoms with Crippen LogP contribution in [-0.4, -0.2) is 27.8 Å². The quantitative estimate of drug-likeness (QED) is 0.687. The van der Waals surface area contributed by atoms with Gasteiger partial charge >= 0.3 is 0 Å². The minimum absolute atomic E-state index is 0.116. The van der Waals surface area contributed by atoms with Gasteiger partial charge in [-0.05, 0) is 42.0 Å². The van der Waals surface area contributed by atoms with Crippen molar-refractivity contribution >= 4 is 5.91 Å². The Bertz CT molecular complexity index is 988. The van der Waals surface area contributed by atoms with Crippen LogP contribution in [0.1, 0.15) is 42.5 Å². The van der Waals surface area contributed by atoms with E-state index in [0.29, 0.717) is 23.9 Å². The molecule has 0 saturated heterocycles. The lowest BCUT2D eigenvalue weighted by molar-refractivity contribution is 0.0941. The van der Waals surface area contributed by atoms with Crippen LogP contribution in [-0.2, 0) is 19.0 Å². The number of aryl methyl sites for hydroxylation is 1. The molecule has 3 rings (SSSR count). The molecule has 0 unspecified atom stereocenters. The van der Waals surface area contributed by atoms with Crippen molar-refractivity contribution in [2.75, 3.05) is 7.11 Å². The van der Waals surface area contributed by atoms with E-state index in [2.05, 4.69) is 36.2 Å². The number of nitrogens with zero attached hydrogens (tertiary/aromatic N) is 3. The molecule has 0 radical (unpaired) electrons. The van der Waals surface area contributed by atoms with Gasteiger partial charge in [-0.2, -0.15) is 5.10 Å². The number of ether oxygens (including phenoxy) is 2. The predicted molar refractivity (Wildman–Crippen MR) is 110 cm³/mol. The lowest BCUT2D eigenvalue weighted by Gasteiger charge is -2.13. The summed E-state index contributed by atoms with van der Waals surface area (Å²) in [4.78, 5) is 16.8. The van der Waals surface area contributed by atoms with Gasteiger partial charge in [-0.15, -0.1) is 0 Å². The van der Waals surface area contributed by atoms with Gasteiger partial charge in [0.25, 0.3) is 5.91 Å². The zero-order chi connectivity index (χ0) is 21.0. The smallest absolute Gasteiger partial charge is 0.269 e. The van der Waals surface area contributed by atoms with Gasteiger partial charge in [0.15, 0.2) is 0 Å². The number of carbonyl (C=O) groups is 1. The van der Waals surface area contributed by atoms with Gasteiger partial charge in [-0.3, -0.25) is 9.48 Å². The van der Waals surface area contributed by atoms with Crippen molar-refractivity contribution in [3.8, 4) is 17.4 Å². The minimum atomic E-state index is -0.176. The molecule has 0 spiro atoms. The number of amides is 1. The molecule has 7 nitrogen and oxygen atoms in total. The summed E-state index contributed by atoms with van der Waals surface area (Å²) < 4.78 is 12.5. The second kappa shape index (κ2) is 8.34. The van der Waals surface area contributed by atoms with Gasteiger partial charge in [-0.25, -0.2) is 4.98 Å². The van der Waals surface area contributed by atoms with Crippen LogP contribution in [0.4, 0.5) is 0 Å². The summed E-state index contributed by atoms with van der Waals surface area (Å²) >= 11 is 0. The van der Waals surface area contributed by atoms with E-state index in [1.54, 1.807) is 31.1 Å². The van der Waals surface area contributed by atoms with Crippen LogP contribution in [0.5, 0.6) is 17.4 Å². The molecule has 0 aliphatic carbocycles. The van der Waals surface area contributed by atoms with Crippen molar-refractivity contribution in [1.82, 2.24) is 20.1 Å². The zero-order valence-corrected chi connectivity index (χ0v) is 17.4. The van der Waals surface area contributed by atoms with Crippen LogP contribution in [0.25, 0.3) is 0 Å². The first-order chi connectivity index (χ1) is 13.8. The fourth-order valence-corrected chi connectivity index (χ4v) is 2.70. The third-order valence-electron chi connectivity index (χ3n) is 4.42. The van der Waals surface area contributed by atoms with E-state index in [1.807, 2.05) is 36.4 Å². The molecule has 0 aliphatic rings. The highest BCUT2D eigenvalue weighted by atomic mass is 16.5. The van der Waals surface area contributed by atoms with Gasteiger partial charge in [0.2, 0.25) is 5.88 Å². The van der Waals surface area contributed by atoms with E-state index < -0.39 is 0 Å². The maximum absolute atomic E-state index is 12.6. The first-order valence-electron chi connectivity index (χ1n) is 9.36. The Labute approximate surface area is 170 Å². The summed E-state index contributed by atoms with van der Waals surface area (Å²) in [5.41, 5.74) is 2.17. The van der Waals surface area contributed by atoms with Crippen molar-refractivity contribution in [3.63, 3.8) is 0 Å². The van der Waals surface area contributed by atoms with Crippen molar-refractivity contribution in [2.45, 2.75) is 32.7 Å². The average Bonchev–Trinajstić information content (AvgIpc) is 3.09. The number of nitrogens with one attached hydrogen (secondary N) is 1. The molecule has 1 amide bonds. The van der Waals surface area contributed by atoms with Crippen molar-refractivity contribution < 1.29 is 14.3 Å². The molecule has 0 bridgehead atoms. The summed E-state index contributed by atoms with van der Waals surface area (Å²) in [5, 5.41) is 7.38. The second-order valence-electron chi connectivity index (χ2n) is 7.75. The normalized spacial score (nSPS) is 11.2. The van der Waals surface area contributed by atoms with E-state index in [1.165, 1.54) is 0 Å². The Balaban J connectivity index is 1.64. The van der Waals surface area contributed by atoms with E-state index in [-0.39, 0.29) is 11.3 Å². The minimum Gasteiger partial charge on any atom is -0.497 e. The maximum Gasteiger partial charge on any atom is 0.269 e. The van der Waals surface area contributed by atoms with Crippen LogP contribution in [0.15, 0.2) is 48.7 Å². The average molecular weight is 394 g/mol. The van der Waals surface area contributed by atoms with Crippen LogP contribution in [0, 0.1) is 0 Å². The number of hydrogen-bond acceptors (Lipinski definition) is 5. The number of benzene rings is 1. The lowest BCUT2D eigenvalue weighted by atomic mass is 9.92. The first kappa shape index (κ1) is 20.4. The Morgan fingerprint density at radius 2 is 1.79 bits per heavy atom. The van der Waals surface area contributed by atoms with Gasteiger partial charge in [0.1, 0.15) is 17.2 Å².